The third-order valence-corrected chi connectivity index (χ3v) is 3.15. The van der Waals surface area contributed by atoms with E-state index in [9.17, 15) is 4.39 Å². The molecule has 0 saturated heterocycles. The van der Waals surface area contributed by atoms with E-state index in [1.807, 2.05) is 0 Å². The zero-order chi connectivity index (χ0) is 12.6. The van der Waals surface area contributed by atoms with Crippen LogP contribution in [0.15, 0.2) is 5.38 Å². The molecule has 1 heterocycles. The lowest BCUT2D eigenvalue weighted by atomic mass is 9.82. The molecule has 0 unspecified atom stereocenters. The van der Waals surface area contributed by atoms with E-state index in [4.69, 9.17) is 15.2 Å². The number of halogens is 1. The highest BCUT2D eigenvalue weighted by Crippen LogP contribution is 2.16. The molecule has 1 aromatic heterocycles. The maximum Gasteiger partial charge on any atom is 0.492 e. The molecule has 0 atom stereocenters. The lowest BCUT2D eigenvalue weighted by molar-refractivity contribution is 0.399. The molecular weight excluding hydrogens is 230 g/mol. The Bertz CT molecular complexity index is 292. The van der Waals surface area contributed by atoms with Crippen molar-refractivity contribution in [2.24, 2.45) is 0 Å². The van der Waals surface area contributed by atoms with Gasteiger partial charge in [0, 0.05) is 17.4 Å². The molecular formula is C10H18BFO3S. The van der Waals surface area contributed by atoms with Crippen LogP contribution in [0.5, 0.6) is 0 Å². The molecule has 6 heteroatoms. The lowest BCUT2D eigenvalue weighted by Crippen LogP contribution is -2.31. The summed E-state index contributed by atoms with van der Waals surface area (Å²) in [5.41, 5.74) is 0.00139. The van der Waals surface area contributed by atoms with E-state index in [0.717, 1.165) is 26.4 Å². The lowest BCUT2D eigenvalue weighted by Gasteiger charge is -1.98. The second-order valence-corrected chi connectivity index (χ2v) is 4.22. The largest absolute Gasteiger partial charge is 0.492 e. The van der Waals surface area contributed by atoms with Gasteiger partial charge in [0.15, 0.2) is 0 Å². The summed E-state index contributed by atoms with van der Waals surface area (Å²) in [4.78, 5) is 0.626. The summed E-state index contributed by atoms with van der Waals surface area (Å²) in [5, 5.41) is 26.1. The van der Waals surface area contributed by atoms with Crippen LogP contribution in [0.2, 0.25) is 0 Å². The van der Waals surface area contributed by atoms with Crippen LogP contribution in [-0.2, 0) is 6.42 Å². The number of rotatable bonds is 5. The smallest absolute Gasteiger partial charge is 0.423 e. The minimum atomic E-state index is -1.69. The van der Waals surface area contributed by atoms with Gasteiger partial charge >= 0.3 is 7.12 Å². The van der Waals surface area contributed by atoms with Gasteiger partial charge in [0.2, 0.25) is 0 Å². The predicted molar refractivity (Wildman–Crippen MR) is 65.5 cm³/mol. The Morgan fingerprint density at radius 3 is 2.38 bits per heavy atom. The molecule has 1 rings (SSSR count). The maximum atomic E-state index is 13.4. The van der Waals surface area contributed by atoms with Gasteiger partial charge in [-0.15, -0.1) is 11.3 Å². The first-order valence-corrected chi connectivity index (χ1v) is 6.11. The first-order valence-electron chi connectivity index (χ1n) is 5.23. The SMILES string of the molecule is CCCCCc1scc(B(O)O)c1F.CO. The molecule has 92 valence electrons. The predicted octanol–water partition coefficient (Wildman–Crippen LogP) is 0.908. The average Bonchev–Trinajstić information content (AvgIpc) is 2.64. The number of hydrogen-bond acceptors (Lipinski definition) is 4. The van der Waals surface area contributed by atoms with Crippen LogP contribution in [0.1, 0.15) is 31.1 Å². The third kappa shape index (κ3) is 4.61. The van der Waals surface area contributed by atoms with Gasteiger partial charge in [0.1, 0.15) is 5.82 Å². The van der Waals surface area contributed by atoms with Crippen molar-refractivity contribution in [3.05, 3.63) is 16.1 Å². The second kappa shape index (κ2) is 8.70. The second-order valence-electron chi connectivity index (χ2n) is 3.26. The first kappa shape index (κ1) is 15.6. The van der Waals surface area contributed by atoms with E-state index in [0.29, 0.717) is 11.3 Å². The number of aliphatic hydroxyl groups excluding tert-OH is 1. The monoisotopic (exact) mass is 248 g/mol. The van der Waals surface area contributed by atoms with Crippen molar-refractivity contribution in [3.8, 4) is 0 Å². The Balaban J connectivity index is 0.00000106. The number of aliphatic hydroxyl groups is 1. The quantitative estimate of drug-likeness (QED) is 0.536. The van der Waals surface area contributed by atoms with Gasteiger partial charge in [-0.3, -0.25) is 0 Å². The molecule has 0 aliphatic rings. The minimum absolute atomic E-state index is 0.00139. The molecule has 0 saturated carbocycles. The Kier molecular flexibility index (Phi) is 8.46. The number of unbranched alkanes of at least 4 members (excludes halogenated alkanes) is 2. The summed E-state index contributed by atoms with van der Waals surface area (Å²) in [6.45, 7) is 2.09. The first-order chi connectivity index (χ1) is 7.66. The number of aryl methyl sites for hydroxylation is 1. The molecule has 0 bridgehead atoms. The van der Waals surface area contributed by atoms with E-state index >= 15 is 0 Å². The van der Waals surface area contributed by atoms with Crippen molar-refractivity contribution in [1.29, 1.82) is 0 Å². The third-order valence-electron chi connectivity index (χ3n) is 2.11. The Morgan fingerprint density at radius 2 is 1.94 bits per heavy atom. The Hall–Kier alpha value is -0.425. The van der Waals surface area contributed by atoms with Gasteiger partial charge < -0.3 is 15.2 Å². The fraction of sp³-hybridized carbons (Fsp3) is 0.600. The van der Waals surface area contributed by atoms with Gasteiger partial charge in [-0.2, -0.15) is 0 Å². The summed E-state index contributed by atoms with van der Waals surface area (Å²) >= 11 is 1.26. The molecule has 16 heavy (non-hydrogen) atoms. The minimum Gasteiger partial charge on any atom is -0.423 e. The molecule has 0 aromatic carbocycles. The van der Waals surface area contributed by atoms with Crippen molar-refractivity contribution in [3.63, 3.8) is 0 Å². The van der Waals surface area contributed by atoms with Gasteiger partial charge in [0.25, 0.3) is 0 Å². The molecule has 3 N–H and O–H groups in total. The van der Waals surface area contributed by atoms with Gasteiger partial charge in [0.05, 0.1) is 0 Å². The highest BCUT2D eigenvalue weighted by atomic mass is 32.1. The van der Waals surface area contributed by atoms with E-state index < -0.39 is 12.9 Å². The fourth-order valence-electron chi connectivity index (χ4n) is 1.28. The number of hydrogen-bond donors (Lipinski definition) is 3. The van der Waals surface area contributed by atoms with Crippen molar-refractivity contribution in [2.45, 2.75) is 32.6 Å². The van der Waals surface area contributed by atoms with Crippen LogP contribution < -0.4 is 5.46 Å². The highest BCUT2D eigenvalue weighted by Gasteiger charge is 2.20. The highest BCUT2D eigenvalue weighted by molar-refractivity contribution is 7.11. The van der Waals surface area contributed by atoms with Crippen LogP contribution in [0.25, 0.3) is 0 Å². The average molecular weight is 248 g/mol. The summed E-state index contributed by atoms with van der Waals surface area (Å²) in [7, 11) is -0.689. The van der Waals surface area contributed by atoms with Crippen molar-refractivity contribution in [2.75, 3.05) is 7.11 Å². The molecule has 0 aliphatic heterocycles. The van der Waals surface area contributed by atoms with E-state index in [1.54, 1.807) is 0 Å². The Labute approximate surface area is 99.7 Å². The van der Waals surface area contributed by atoms with E-state index in [-0.39, 0.29) is 5.46 Å². The van der Waals surface area contributed by atoms with Crippen LogP contribution in [0.4, 0.5) is 4.39 Å². The normalized spacial score (nSPS) is 9.62. The molecule has 1 aromatic rings. The maximum absolute atomic E-state index is 13.4. The fourth-order valence-corrected chi connectivity index (χ4v) is 2.26. The molecule has 0 aliphatic carbocycles. The zero-order valence-electron chi connectivity index (χ0n) is 9.61. The van der Waals surface area contributed by atoms with Gasteiger partial charge in [-0.25, -0.2) is 4.39 Å². The van der Waals surface area contributed by atoms with Crippen molar-refractivity contribution >= 4 is 23.9 Å². The molecule has 0 amide bonds. The summed E-state index contributed by atoms with van der Waals surface area (Å²) in [6, 6.07) is 0. The Morgan fingerprint density at radius 1 is 1.31 bits per heavy atom. The van der Waals surface area contributed by atoms with Crippen LogP contribution in [0, 0.1) is 5.82 Å². The summed E-state index contributed by atoms with van der Waals surface area (Å²) < 4.78 is 13.4. The van der Waals surface area contributed by atoms with Gasteiger partial charge in [-0.05, 0) is 18.2 Å². The number of thiophene rings is 1. The zero-order valence-corrected chi connectivity index (χ0v) is 10.4. The summed E-state index contributed by atoms with van der Waals surface area (Å²) in [5.74, 6) is -0.443. The molecule has 0 spiro atoms. The van der Waals surface area contributed by atoms with Crippen LogP contribution in [-0.4, -0.2) is 29.4 Å². The van der Waals surface area contributed by atoms with Crippen molar-refractivity contribution in [1.82, 2.24) is 0 Å². The summed E-state index contributed by atoms with van der Waals surface area (Å²) in [6.07, 6.45) is 3.82. The molecule has 0 fully saturated rings. The molecule has 0 radical (unpaired) electrons. The van der Waals surface area contributed by atoms with E-state index in [2.05, 4.69) is 6.92 Å². The van der Waals surface area contributed by atoms with Crippen molar-refractivity contribution < 1.29 is 19.5 Å². The van der Waals surface area contributed by atoms with Crippen LogP contribution in [0.3, 0.4) is 0 Å². The van der Waals surface area contributed by atoms with Crippen LogP contribution >= 0.6 is 11.3 Å². The van der Waals surface area contributed by atoms with E-state index in [1.165, 1.54) is 16.7 Å². The van der Waals surface area contributed by atoms with Gasteiger partial charge in [-0.1, -0.05) is 19.8 Å². The topological polar surface area (TPSA) is 60.7 Å². The molecule has 3 nitrogen and oxygen atoms in total. The standard InChI is InChI=1S/C9H14BFO2S.CH4O/c1-2-3-4-5-8-9(11)7(6-14-8)10(12)13;1-2/h6,12-13H,2-5H2,1H3;2H,1H3.